The van der Waals surface area contributed by atoms with E-state index in [0.717, 1.165) is 32.8 Å². The SMILES string of the molecule is CC1(CN2CCOCC2)CCCC1N. The summed E-state index contributed by atoms with van der Waals surface area (Å²) in [4.78, 5) is 2.51. The molecule has 3 nitrogen and oxygen atoms in total. The minimum atomic E-state index is 0.358. The first-order chi connectivity index (χ1) is 6.71. The molecule has 2 unspecified atom stereocenters. The van der Waals surface area contributed by atoms with E-state index in [1.807, 2.05) is 0 Å². The van der Waals surface area contributed by atoms with Gasteiger partial charge in [-0.15, -0.1) is 0 Å². The summed E-state index contributed by atoms with van der Waals surface area (Å²) in [6.45, 7) is 7.47. The Morgan fingerprint density at radius 2 is 2.14 bits per heavy atom. The van der Waals surface area contributed by atoms with Crippen LogP contribution in [0.1, 0.15) is 26.2 Å². The third-order valence-electron chi connectivity index (χ3n) is 3.85. The fourth-order valence-corrected chi connectivity index (χ4v) is 2.73. The van der Waals surface area contributed by atoms with E-state index in [9.17, 15) is 0 Å². The van der Waals surface area contributed by atoms with Crippen LogP contribution in [0.15, 0.2) is 0 Å². The fraction of sp³-hybridized carbons (Fsp3) is 1.00. The van der Waals surface area contributed by atoms with Gasteiger partial charge in [-0.05, 0) is 18.3 Å². The number of rotatable bonds is 2. The molecule has 0 amide bonds. The maximum absolute atomic E-state index is 6.17. The standard InChI is InChI=1S/C11H22N2O/c1-11(4-2-3-10(11)12)9-13-5-7-14-8-6-13/h10H,2-9,12H2,1H3. The Morgan fingerprint density at radius 1 is 1.43 bits per heavy atom. The van der Waals surface area contributed by atoms with Gasteiger partial charge in [-0.25, -0.2) is 0 Å². The molecule has 82 valence electrons. The van der Waals surface area contributed by atoms with Crippen LogP contribution >= 0.6 is 0 Å². The number of ether oxygens (including phenoxy) is 1. The van der Waals surface area contributed by atoms with Gasteiger partial charge in [0.25, 0.3) is 0 Å². The quantitative estimate of drug-likeness (QED) is 0.714. The number of hydrogen-bond donors (Lipinski definition) is 1. The minimum Gasteiger partial charge on any atom is -0.379 e. The highest BCUT2D eigenvalue weighted by molar-refractivity contribution is 4.93. The van der Waals surface area contributed by atoms with E-state index >= 15 is 0 Å². The van der Waals surface area contributed by atoms with Crippen molar-refractivity contribution in [3.05, 3.63) is 0 Å². The first-order valence-electron chi connectivity index (χ1n) is 5.76. The molecule has 0 aromatic rings. The molecule has 0 bridgehead atoms. The molecule has 14 heavy (non-hydrogen) atoms. The normalized spacial score (nSPS) is 40.3. The lowest BCUT2D eigenvalue weighted by atomic mass is 9.84. The van der Waals surface area contributed by atoms with Crippen LogP contribution in [-0.4, -0.2) is 43.8 Å². The monoisotopic (exact) mass is 198 g/mol. The van der Waals surface area contributed by atoms with Gasteiger partial charge in [-0.2, -0.15) is 0 Å². The van der Waals surface area contributed by atoms with Crippen molar-refractivity contribution in [2.45, 2.75) is 32.2 Å². The van der Waals surface area contributed by atoms with Gasteiger partial charge >= 0.3 is 0 Å². The van der Waals surface area contributed by atoms with E-state index in [0.29, 0.717) is 11.5 Å². The van der Waals surface area contributed by atoms with Crippen molar-refractivity contribution >= 4 is 0 Å². The summed E-state index contributed by atoms with van der Waals surface area (Å²) < 4.78 is 5.35. The summed E-state index contributed by atoms with van der Waals surface area (Å²) >= 11 is 0. The molecule has 1 saturated carbocycles. The van der Waals surface area contributed by atoms with Crippen molar-refractivity contribution in [3.8, 4) is 0 Å². The molecule has 2 aliphatic rings. The average molecular weight is 198 g/mol. The van der Waals surface area contributed by atoms with Crippen LogP contribution in [0.25, 0.3) is 0 Å². The van der Waals surface area contributed by atoms with E-state index in [1.54, 1.807) is 0 Å². The lowest BCUT2D eigenvalue weighted by Gasteiger charge is -2.37. The Labute approximate surface area is 86.6 Å². The molecular formula is C11H22N2O. The summed E-state index contributed by atoms with van der Waals surface area (Å²) in [6.07, 6.45) is 3.81. The van der Waals surface area contributed by atoms with Crippen molar-refractivity contribution in [1.82, 2.24) is 4.90 Å². The van der Waals surface area contributed by atoms with E-state index in [4.69, 9.17) is 10.5 Å². The third-order valence-corrected chi connectivity index (χ3v) is 3.85. The highest BCUT2D eigenvalue weighted by atomic mass is 16.5. The molecule has 3 heteroatoms. The summed E-state index contributed by atoms with van der Waals surface area (Å²) in [5, 5.41) is 0. The lowest BCUT2D eigenvalue weighted by molar-refractivity contribution is 0.0171. The highest BCUT2D eigenvalue weighted by Gasteiger charge is 2.37. The molecule has 1 heterocycles. The highest BCUT2D eigenvalue weighted by Crippen LogP contribution is 2.37. The van der Waals surface area contributed by atoms with Crippen molar-refractivity contribution in [1.29, 1.82) is 0 Å². The Hall–Kier alpha value is -0.120. The molecule has 0 radical (unpaired) electrons. The molecule has 2 rings (SSSR count). The zero-order valence-electron chi connectivity index (χ0n) is 9.17. The Morgan fingerprint density at radius 3 is 2.71 bits per heavy atom. The van der Waals surface area contributed by atoms with E-state index in [1.165, 1.54) is 19.3 Å². The average Bonchev–Trinajstić information content (AvgIpc) is 2.48. The van der Waals surface area contributed by atoms with E-state index in [-0.39, 0.29) is 0 Å². The topological polar surface area (TPSA) is 38.5 Å². The maximum Gasteiger partial charge on any atom is 0.0594 e. The van der Waals surface area contributed by atoms with Crippen molar-refractivity contribution < 1.29 is 4.74 Å². The van der Waals surface area contributed by atoms with Crippen LogP contribution in [-0.2, 0) is 4.74 Å². The van der Waals surface area contributed by atoms with Gasteiger partial charge in [0.05, 0.1) is 13.2 Å². The molecule has 1 aliphatic heterocycles. The second-order valence-corrected chi connectivity index (χ2v) is 5.04. The Balaban J connectivity index is 1.88. The summed E-state index contributed by atoms with van der Waals surface area (Å²) in [7, 11) is 0. The van der Waals surface area contributed by atoms with Crippen LogP contribution in [0.4, 0.5) is 0 Å². The molecule has 0 spiro atoms. The molecule has 1 saturated heterocycles. The van der Waals surface area contributed by atoms with Gasteiger partial charge in [-0.3, -0.25) is 4.90 Å². The molecule has 1 aliphatic carbocycles. The summed E-state index contributed by atoms with van der Waals surface area (Å²) in [5.41, 5.74) is 6.53. The molecular weight excluding hydrogens is 176 g/mol. The first-order valence-corrected chi connectivity index (χ1v) is 5.76. The van der Waals surface area contributed by atoms with Crippen molar-refractivity contribution in [2.75, 3.05) is 32.8 Å². The fourth-order valence-electron chi connectivity index (χ4n) is 2.73. The van der Waals surface area contributed by atoms with Crippen LogP contribution < -0.4 is 5.73 Å². The first kappa shape index (κ1) is 10.4. The third kappa shape index (κ3) is 2.10. The van der Waals surface area contributed by atoms with Crippen LogP contribution in [0, 0.1) is 5.41 Å². The van der Waals surface area contributed by atoms with Gasteiger partial charge in [0, 0.05) is 25.7 Å². The minimum absolute atomic E-state index is 0.358. The zero-order valence-corrected chi connectivity index (χ0v) is 9.17. The van der Waals surface area contributed by atoms with Gasteiger partial charge in [-0.1, -0.05) is 13.3 Å². The molecule has 0 aromatic heterocycles. The number of hydrogen-bond acceptors (Lipinski definition) is 3. The summed E-state index contributed by atoms with van der Waals surface area (Å²) in [6, 6.07) is 0.408. The van der Waals surface area contributed by atoms with Crippen LogP contribution in [0.3, 0.4) is 0 Å². The molecule has 2 fully saturated rings. The van der Waals surface area contributed by atoms with Crippen molar-refractivity contribution in [3.63, 3.8) is 0 Å². The Kier molecular flexibility index (Phi) is 3.10. The Bertz CT molecular complexity index is 192. The van der Waals surface area contributed by atoms with Gasteiger partial charge in [0.2, 0.25) is 0 Å². The van der Waals surface area contributed by atoms with Gasteiger partial charge in [0.15, 0.2) is 0 Å². The smallest absolute Gasteiger partial charge is 0.0594 e. The lowest BCUT2D eigenvalue weighted by Crippen LogP contribution is -2.47. The zero-order chi connectivity index (χ0) is 10.0. The predicted octanol–water partition coefficient (Wildman–Crippen LogP) is 0.836. The number of nitrogens with zero attached hydrogens (tertiary/aromatic N) is 1. The molecule has 2 N–H and O–H groups in total. The molecule has 2 atom stereocenters. The van der Waals surface area contributed by atoms with Crippen LogP contribution in [0.2, 0.25) is 0 Å². The number of morpholine rings is 1. The van der Waals surface area contributed by atoms with Crippen molar-refractivity contribution in [2.24, 2.45) is 11.1 Å². The van der Waals surface area contributed by atoms with E-state index in [2.05, 4.69) is 11.8 Å². The molecule has 0 aromatic carbocycles. The maximum atomic E-state index is 6.17. The summed E-state index contributed by atoms with van der Waals surface area (Å²) in [5.74, 6) is 0. The second-order valence-electron chi connectivity index (χ2n) is 5.04. The predicted molar refractivity (Wildman–Crippen MR) is 57.2 cm³/mol. The van der Waals surface area contributed by atoms with Crippen LogP contribution in [0.5, 0.6) is 0 Å². The van der Waals surface area contributed by atoms with Gasteiger partial charge in [0.1, 0.15) is 0 Å². The number of nitrogens with two attached hydrogens (primary N) is 1. The largest absolute Gasteiger partial charge is 0.379 e. The van der Waals surface area contributed by atoms with E-state index < -0.39 is 0 Å². The van der Waals surface area contributed by atoms with Gasteiger partial charge < -0.3 is 10.5 Å². The second kappa shape index (κ2) is 4.17.